The van der Waals surface area contributed by atoms with Crippen molar-refractivity contribution >= 4 is 18.3 Å². The first kappa shape index (κ1) is 13.5. The lowest BCUT2D eigenvalue weighted by molar-refractivity contribution is 0.0963. The summed E-state index contributed by atoms with van der Waals surface area (Å²) in [4.78, 5) is 13.9. The fourth-order valence-corrected chi connectivity index (χ4v) is 2.55. The molecule has 1 saturated heterocycles. The number of benzene rings is 1. The van der Waals surface area contributed by atoms with Crippen LogP contribution in [-0.4, -0.2) is 32.8 Å². The molecule has 5 heteroatoms. The quantitative estimate of drug-likeness (QED) is 0.819. The molecule has 0 spiro atoms. The summed E-state index contributed by atoms with van der Waals surface area (Å²) in [5.41, 5.74) is 2.97. The number of nitrogens with one attached hydrogen (secondary N) is 1. The largest absolute Gasteiger partial charge is 0.373 e. The minimum absolute atomic E-state index is 0.0576. The van der Waals surface area contributed by atoms with E-state index in [1.807, 2.05) is 25.1 Å². The van der Waals surface area contributed by atoms with Gasteiger partial charge in [-0.25, -0.2) is 5.26 Å². The van der Waals surface area contributed by atoms with Gasteiger partial charge in [0.15, 0.2) is 0 Å². The van der Waals surface area contributed by atoms with Crippen LogP contribution in [0.5, 0.6) is 0 Å². The topological polar surface area (TPSA) is 56.1 Å². The van der Waals surface area contributed by atoms with Crippen LogP contribution in [0.3, 0.4) is 0 Å². The van der Waals surface area contributed by atoms with E-state index in [1.54, 1.807) is 7.05 Å². The number of nitrogens with zero attached hydrogens (tertiary/aromatic N) is 2. The Morgan fingerprint density at radius 3 is 2.63 bits per heavy atom. The maximum absolute atomic E-state index is 11.6. The van der Waals surface area contributed by atoms with Gasteiger partial charge in [0.1, 0.15) is 0 Å². The Labute approximate surface area is 114 Å². The molecule has 1 aromatic carbocycles. The van der Waals surface area contributed by atoms with Gasteiger partial charge in [-0.15, -0.1) is 0 Å². The van der Waals surface area contributed by atoms with Crippen LogP contribution in [0, 0.1) is 18.2 Å². The van der Waals surface area contributed by atoms with Gasteiger partial charge in [0.2, 0.25) is 0 Å². The van der Waals surface area contributed by atoms with Gasteiger partial charge in [-0.2, -0.15) is 0 Å². The SMILES string of the molecule is CNC(=O)c1ccc(N2CCB(C#N)CC2)c(C)c1. The number of carbonyl (C=O) groups is 1. The molecule has 0 atom stereocenters. The summed E-state index contributed by atoms with van der Waals surface area (Å²) < 4.78 is 0. The first-order valence-corrected chi connectivity index (χ1v) is 6.63. The standard InChI is InChI=1S/C14H18BN3O/c1-11-9-12(14(19)17-2)3-4-13(11)18-7-5-15(10-16)6-8-18/h3-4,9H,5-8H2,1-2H3,(H,17,19). The molecular weight excluding hydrogens is 237 g/mol. The van der Waals surface area contributed by atoms with E-state index in [0.29, 0.717) is 5.56 Å². The zero-order chi connectivity index (χ0) is 13.8. The molecule has 98 valence electrons. The van der Waals surface area contributed by atoms with Crippen LogP contribution in [0.1, 0.15) is 15.9 Å². The van der Waals surface area contributed by atoms with E-state index < -0.39 is 0 Å². The Hall–Kier alpha value is -1.96. The third kappa shape index (κ3) is 2.90. The number of amides is 1. The Morgan fingerprint density at radius 2 is 2.11 bits per heavy atom. The molecule has 19 heavy (non-hydrogen) atoms. The highest BCUT2D eigenvalue weighted by Gasteiger charge is 2.23. The molecule has 0 radical (unpaired) electrons. The van der Waals surface area contributed by atoms with Crippen LogP contribution in [0.15, 0.2) is 18.2 Å². The van der Waals surface area contributed by atoms with Crippen molar-refractivity contribution in [3.05, 3.63) is 29.3 Å². The summed E-state index contributed by atoms with van der Waals surface area (Å²) in [6, 6.07) is 5.79. The molecule has 1 fully saturated rings. The average Bonchev–Trinajstić information content (AvgIpc) is 2.46. The Bertz CT molecular complexity index is 516. The molecule has 0 aliphatic carbocycles. The molecule has 2 rings (SSSR count). The van der Waals surface area contributed by atoms with E-state index in [2.05, 4.69) is 16.2 Å². The zero-order valence-electron chi connectivity index (χ0n) is 11.4. The van der Waals surface area contributed by atoms with Crippen LogP contribution >= 0.6 is 0 Å². The van der Waals surface area contributed by atoms with E-state index >= 15 is 0 Å². The van der Waals surface area contributed by atoms with Gasteiger partial charge in [-0.3, -0.25) is 4.79 Å². The normalized spacial score (nSPS) is 15.0. The Kier molecular flexibility index (Phi) is 4.11. The minimum atomic E-state index is -0.0576. The summed E-state index contributed by atoms with van der Waals surface area (Å²) >= 11 is 0. The van der Waals surface area contributed by atoms with Gasteiger partial charge in [0.25, 0.3) is 12.6 Å². The number of anilines is 1. The van der Waals surface area contributed by atoms with E-state index in [4.69, 9.17) is 5.26 Å². The maximum atomic E-state index is 11.6. The molecular formula is C14H18BN3O. The maximum Gasteiger partial charge on any atom is 0.271 e. The number of hydrogen-bond acceptors (Lipinski definition) is 3. The van der Waals surface area contributed by atoms with Crippen LogP contribution in [0.2, 0.25) is 12.6 Å². The lowest BCUT2D eigenvalue weighted by atomic mass is 9.45. The van der Waals surface area contributed by atoms with Gasteiger partial charge < -0.3 is 10.2 Å². The second kappa shape index (κ2) is 5.79. The van der Waals surface area contributed by atoms with Crippen molar-refractivity contribution in [3.63, 3.8) is 0 Å². The monoisotopic (exact) mass is 255 g/mol. The molecule has 4 nitrogen and oxygen atoms in total. The fourth-order valence-electron chi connectivity index (χ4n) is 2.55. The average molecular weight is 255 g/mol. The number of hydrogen-bond donors (Lipinski definition) is 1. The molecule has 1 aromatic rings. The third-order valence-electron chi connectivity index (χ3n) is 3.70. The summed E-state index contributed by atoms with van der Waals surface area (Å²) in [5.74, 6) is 2.29. The smallest absolute Gasteiger partial charge is 0.271 e. The minimum Gasteiger partial charge on any atom is -0.373 e. The molecule has 1 amide bonds. The van der Waals surface area contributed by atoms with Gasteiger partial charge in [-0.05, 0) is 43.3 Å². The second-order valence-electron chi connectivity index (χ2n) is 4.97. The van der Waals surface area contributed by atoms with Crippen molar-refractivity contribution in [1.29, 1.82) is 5.26 Å². The van der Waals surface area contributed by atoms with Crippen molar-refractivity contribution < 1.29 is 4.79 Å². The van der Waals surface area contributed by atoms with Crippen molar-refractivity contribution in [1.82, 2.24) is 5.32 Å². The highest BCUT2D eigenvalue weighted by atomic mass is 16.1. The molecule has 1 aliphatic rings. The molecule has 0 aromatic heterocycles. The first-order chi connectivity index (χ1) is 9.15. The van der Waals surface area contributed by atoms with Crippen molar-refractivity contribution in [2.75, 3.05) is 25.0 Å². The molecule has 0 bridgehead atoms. The van der Waals surface area contributed by atoms with E-state index in [-0.39, 0.29) is 12.6 Å². The highest BCUT2D eigenvalue weighted by Crippen LogP contribution is 2.25. The van der Waals surface area contributed by atoms with E-state index in [1.165, 1.54) is 5.69 Å². The number of carbonyl (C=O) groups excluding carboxylic acids is 1. The molecule has 1 heterocycles. The van der Waals surface area contributed by atoms with Crippen LogP contribution in [0.4, 0.5) is 5.69 Å². The van der Waals surface area contributed by atoms with Crippen LogP contribution in [0.25, 0.3) is 0 Å². The summed E-state index contributed by atoms with van der Waals surface area (Å²) in [7, 11) is 1.64. The van der Waals surface area contributed by atoms with Crippen molar-refractivity contribution in [2.24, 2.45) is 0 Å². The van der Waals surface area contributed by atoms with Crippen LogP contribution in [-0.2, 0) is 0 Å². The number of nitriles is 1. The Balaban J connectivity index is 2.14. The zero-order valence-corrected chi connectivity index (χ0v) is 11.4. The Morgan fingerprint density at radius 1 is 1.42 bits per heavy atom. The lowest BCUT2D eigenvalue weighted by Gasteiger charge is -2.31. The first-order valence-electron chi connectivity index (χ1n) is 6.63. The van der Waals surface area contributed by atoms with Crippen molar-refractivity contribution in [2.45, 2.75) is 19.6 Å². The van der Waals surface area contributed by atoms with Gasteiger partial charge in [0.05, 0.1) is 0 Å². The van der Waals surface area contributed by atoms with Gasteiger partial charge in [0, 0.05) is 37.4 Å². The summed E-state index contributed by atoms with van der Waals surface area (Å²) in [6.07, 6.45) is 1.85. The summed E-state index contributed by atoms with van der Waals surface area (Å²) in [6.45, 7) is 4.05. The van der Waals surface area contributed by atoms with Crippen LogP contribution < -0.4 is 10.2 Å². The highest BCUT2D eigenvalue weighted by molar-refractivity contribution is 6.67. The third-order valence-corrected chi connectivity index (χ3v) is 3.70. The molecule has 0 saturated carbocycles. The van der Waals surface area contributed by atoms with Gasteiger partial charge in [-0.1, -0.05) is 0 Å². The summed E-state index contributed by atoms with van der Waals surface area (Å²) in [5, 5.41) is 11.5. The van der Waals surface area contributed by atoms with E-state index in [0.717, 1.165) is 31.3 Å². The molecule has 0 unspecified atom stereocenters. The van der Waals surface area contributed by atoms with Crippen molar-refractivity contribution in [3.8, 4) is 5.97 Å². The van der Waals surface area contributed by atoms with E-state index in [9.17, 15) is 4.79 Å². The fraction of sp³-hybridized carbons (Fsp3) is 0.429. The lowest BCUT2D eigenvalue weighted by Crippen LogP contribution is -2.36. The second-order valence-corrected chi connectivity index (χ2v) is 4.97. The number of aryl methyl sites for hydroxylation is 1. The predicted octanol–water partition coefficient (Wildman–Crippen LogP) is 1.73. The van der Waals surface area contributed by atoms with Gasteiger partial charge >= 0.3 is 0 Å². The molecule has 1 aliphatic heterocycles. The predicted molar refractivity (Wildman–Crippen MR) is 77.8 cm³/mol. The molecule has 1 N–H and O–H groups in total. The number of rotatable bonds is 2.